The van der Waals surface area contributed by atoms with Gasteiger partial charge in [0.25, 0.3) is 0 Å². The van der Waals surface area contributed by atoms with E-state index in [4.69, 9.17) is 5.11 Å². The summed E-state index contributed by atoms with van der Waals surface area (Å²) in [5.74, 6) is -8.48. The third kappa shape index (κ3) is 3.26. The molecule has 0 saturated carbocycles. The van der Waals surface area contributed by atoms with E-state index in [2.05, 4.69) is 10.1 Å². The Bertz CT molecular complexity index is 872. The van der Waals surface area contributed by atoms with Crippen LogP contribution in [0.25, 0.3) is 0 Å². The molecule has 2 aliphatic heterocycles. The van der Waals surface area contributed by atoms with E-state index in [-0.39, 0.29) is 5.56 Å². The number of aliphatic carboxylic acids is 2. The van der Waals surface area contributed by atoms with Crippen LogP contribution in [0.3, 0.4) is 0 Å². The second-order valence-electron chi connectivity index (χ2n) is 6.45. The first-order valence-electron chi connectivity index (χ1n) is 7.88. The zero-order chi connectivity index (χ0) is 20.9. The SMILES string of the molecule is O=C(O)CC1(C(=O)O)NC(c2cccc(OC(F)(F)F)c2)C2C(=O)NC(=O)C21. The summed E-state index contributed by atoms with van der Waals surface area (Å²) in [5.41, 5.74) is -2.27. The van der Waals surface area contributed by atoms with Crippen molar-refractivity contribution < 1.29 is 47.3 Å². The highest BCUT2D eigenvalue weighted by molar-refractivity contribution is 6.10. The number of carboxylic acids is 2. The Kier molecular flexibility index (Phi) is 4.54. The molecule has 4 atom stereocenters. The maximum atomic E-state index is 12.5. The van der Waals surface area contributed by atoms with Gasteiger partial charge in [-0.15, -0.1) is 13.2 Å². The molecule has 4 N–H and O–H groups in total. The molecule has 0 spiro atoms. The number of fused-ring (bicyclic) bond motifs is 1. The molecular formula is C16H13F3N2O7. The number of rotatable bonds is 5. The number of halogens is 3. The first kappa shape index (κ1) is 19.6. The molecule has 150 valence electrons. The molecule has 4 unspecified atom stereocenters. The molecule has 2 fully saturated rings. The van der Waals surface area contributed by atoms with Crippen LogP contribution >= 0.6 is 0 Å². The van der Waals surface area contributed by atoms with E-state index in [1.807, 2.05) is 5.32 Å². The minimum atomic E-state index is -4.97. The molecule has 0 bridgehead atoms. The van der Waals surface area contributed by atoms with Gasteiger partial charge in [0.15, 0.2) is 0 Å². The molecule has 1 aromatic rings. The molecule has 0 aromatic heterocycles. The summed E-state index contributed by atoms with van der Waals surface area (Å²) in [6.07, 6.45) is -5.99. The van der Waals surface area contributed by atoms with Gasteiger partial charge in [-0.3, -0.25) is 29.8 Å². The molecule has 0 aliphatic carbocycles. The van der Waals surface area contributed by atoms with Crippen molar-refractivity contribution in [1.82, 2.24) is 10.6 Å². The van der Waals surface area contributed by atoms with Gasteiger partial charge in [0.1, 0.15) is 11.3 Å². The van der Waals surface area contributed by atoms with E-state index in [1.165, 1.54) is 12.1 Å². The summed E-state index contributed by atoms with van der Waals surface area (Å²) >= 11 is 0. The van der Waals surface area contributed by atoms with Crippen LogP contribution in [0, 0.1) is 11.8 Å². The fraction of sp³-hybridized carbons (Fsp3) is 0.375. The molecule has 2 heterocycles. The van der Waals surface area contributed by atoms with Crippen LogP contribution in [0.4, 0.5) is 13.2 Å². The zero-order valence-electron chi connectivity index (χ0n) is 13.8. The van der Waals surface area contributed by atoms with Crippen LogP contribution in [0.15, 0.2) is 24.3 Å². The van der Waals surface area contributed by atoms with E-state index in [9.17, 15) is 37.5 Å². The Hall–Kier alpha value is -3.15. The number of ether oxygens (including phenoxy) is 1. The number of hydrogen-bond donors (Lipinski definition) is 4. The van der Waals surface area contributed by atoms with Gasteiger partial charge in [0, 0.05) is 6.04 Å². The van der Waals surface area contributed by atoms with Crippen molar-refractivity contribution in [2.45, 2.75) is 24.4 Å². The Balaban J connectivity index is 2.06. The molecule has 12 heteroatoms. The van der Waals surface area contributed by atoms with Gasteiger partial charge < -0.3 is 14.9 Å². The van der Waals surface area contributed by atoms with Gasteiger partial charge in [-0.2, -0.15) is 0 Å². The maximum Gasteiger partial charge on any atom is 0.573 e. The fourth-order valence-corrected chi connectivity index (χ4v) is 3.79. The number of carbonyl (C=O) groups excluding carboxylic acids is 2. The molecule has 9 nitrogen and oxygen atoms in total. The molecule has 28 heavy (non-hydrogen) atoms. The van der Waals surface area contributed by atoms with Gasteiger partial charge in [-0.25, -0.2) is 0 Å². The normalized spacial score (nSPS) is 29.3. The Morgan fingerprint density at radius 3 is 2.43 bits per heavy atom. The van der Waals surface area contributed by atoms with Gasteiger partial charge >= 0.3 is 18.3 Å². The number of carbonyl (C=O) groups is 4. The Morgan fingerprint density at radius 2 is 1.86 bits per heavy atom. The quantitative estimate of drug-likeness (QED) is 0.519. The predicted octanol–water partition coefficient (Wildman–Crippen LogP) is 0.416. The van der Waals surface area contributed by atoms with Crippen molar-refractivity contribution in [2.75, 3.05) is 0 Å². The van der Waals surface area contributed by atoms with E-state index in [0.29, 0.717) is 0 Å². The lowest BCUT2D eigenvalue weighted by Gasteiger charge is -2.28. The largest absolute Gasteiger partial charge is 0.573 e. The molecule has 3 rings (SSSR count). The van der Waals surface area contributed by atoms with Crippen molar-refractivity contribution in [2.24, 2.45) is 11.8 Å². The van der Waals surface area contributed by atoms with Crippen LogP contribution in [0.1, 0.15) is 18.0 Å². The summed E-state index contributed by atoms with van der Waals surface area (Å²) in [5, 5.41) is 23.2. The second kappa shape index (κ2) is 6.48. The fourth-order valence-electron chi connectivity index (χ4n) is 3.79. The lowest BCUT2D eigenvalue weighted by Crippen LogP contribution is -2.56. The van der Waals surface area contributed by atoms with Crippen LogP contribution in [0.2, 0.25) is 0 Å². The molecule has 2 amide bonds. The molecule has 0 radical (unpaired) electrons. The summed E-state index contributed by atoms with van der Waals surface area (Å²) < 4.78 is 41.2. The number of hydrogen-bond acceptors (Lipinski definition) is 6. The van der Waals surface area contributed by atoms with Gasteiger partial charge in [0.2, 0.25) is 11.8 Å². The molecule has 2 saturated heterocycles. The molecule has 2 aliphatic rings. The highest BCUT2D eigenvalue weighted by Crippen LogP contribution is 2.48. The zero-order valence-corrected chi connectivity index (χ0v) is 13.8. The van der Waals surface area contributed by atoms with Crippen molar-refractivity contribution in [3.05, 3.63) is 29.8 Å². The average molecular weight is 402 g/mol. The highest BCUT2D eigenvalue weighted by atomic mass is 19.4. The standard InChI is InChI=1S/C16H13F3N2O7/c17-16(18,19)28-7-3-1-2-6(4-7)11-9-10(13(25)20-12(9)24)15(21-11,14(26)27)5-8(22)23/h1-4,9-11,21H,5H2,(H,22,23)(H,26,27)(H,20,24,25). The minimum absolute atomic E-state index is 0.0371. The van der Waals surface area contributed by atoms with E-state index >= 15 is 0 Å². The summed E-state index contributed by atoms with van der Waals surface area (Å²) in [4.78, 5) is 47.6. The van der Waals surface area contributed by atoms with E-state index in [1.54, 1.807) is 0 Å². The van der Waals surface area contributed by atoms with Crippen LogP contribution in [-0.2, 0) is 19.2 Å². The highest BCUT2D eigenvalue weighted by Gasteiger charge is 2.67. The maximum absolute atomic E-state index is 12.5. The minimum Gasteiger partial charge on any atom is -0.481 e. The van der Waals surface area contributed by atoms with Crippen LogP contribution < -0.4 is 15.4 Å². The number of amides is 2. The Labute approximate surface area is 154 Å². The molecule has 1 aromatic carbocycles. The lowest BCUT2D eigenvalue weighted by molar-refractivity contribution is -0.274. The number of carboxylic acid groups (broad SMARTS) is 2. The van der Waals surface area contributed by atoms with Crippen LogP contribution in [0.5, 0.6) is 5.75 Å². The first-order valence-corrected chi connectivity index (χ1v) is 7.88. The van der Waals surface area contributed by atoms with Crippen molar-refractivity contribution in [3.63, 3.8) is 0 Å². The molecular weight excluding hydrogens is 389 g/mol. The summed E-state index contributed by atoms with van der Waals surface area (Å²) in [6, 6.07) is 3.23. The third-order valence-corrected chi connectivity index (χ3v) is 4.76. The van der Waals surface area contributed by atoms with E-state index < -0.39 is 65.7 Å². The van der Waals surface area contributed by atoms with Gasteiger partial charge in [0.05, 0.1) is 18.3 Å². The second-order valence-corrected chi connectivity index (χ2v) is 6.45. The number of alkyl halides is 3. The monoisotopic (exact) mass is 402 g/mol. The third-order valence-electron chi connectivity index (χ3n) is 4.76. The summed E-state index contributed by atoms with van der Waals surface area (Å²) in [6.45, 7) is 0. The van der Waals surface area contributed by atoms with Crippen molar-refractivity contribution in [3.8, 4) is 5.75 Å². The average Bonchev–Trinajstić information content (AvgIpc) is 3.03. The van der Waals surface area contributed by atoms with Gasteiger partial charge in [-0.05, 0) is 17.7 Å². The topological polar surface area (TPSA) is 142 Å². The smallest absolute Gasteiger partial charge is 0.481 e. The van der Waals surface area contributed by atoms with Crippen LogP contribution in [-0.4, -0.2) is 45.9 Å². The van der Waals surface area contributed by atoms with Crippen molar-refractivity contribution >= 4 is 23.8 Å². The summed E-state index contributed by atoms with van der Waals surface area (Å²) in [7, 11) is 0. The van der Waals surface area contributed by atoms with Gasteiger partial charge in [-0.1, -0.05) is 12.1 Å². The van der Waals surface area contributed by atoms with Crippen molar-refractivity contribution in [1.29, 1.82) is 0 Å². The Morgan fingerprint density at radius 1 is 1.18 bits per heavy atom. The number of benzene rings is 1. The predicted molar refractivity (Wildman–Crippen MR) is 81.8 cm³/mol. The number of imide groups is 1. The lowest BCUT2D eigenvalue weighted by atomic mass is 9.77. The number of nitrogens with one attached hydrogen (secondary N) is 2. The van der Waals surface area contributed by atoms with E-state index in [0.717, 1.165) is 12.1 Å². The first-order chi connectivity index (χ1) is 12.9.